The Bertz CT molecular complexity index is 459. The molecule has 4 heteroatoms. The molecule has 21 heavy (non-hydrogen) atoms. The number of furan rings is 1. The summed E-state index contributed by atoms with van der Waals surface area (Å²) in [5.74, 6) is 2.82. The minimum absolute atomic E-state index is 0.333. The van der Waals surface area contributed by atoms with E-state index in [1.165, 1.54) is 39.2 Å². The molecule has 0 atom stereocenters. The Balaban J connectivity index is 1.75. The molecule has 1 aromatic heterocycles. The average molecular weight is 293 g/mol. The van der Waals surface area contributed by atoms with Gasteiger partial charge in [-0.3, -0.25) is 0 Å². The lowest BCUT2D eigenvalue weighted by molar-refractivity contribution is 0.0599. The molecule has 4 nitrogen and oxygen atoms in total. The number of rotatable bonds is 6. The first kappa shape index (κ1) is 16.1. The van der Waals surface area contributed by atoms with Crippen molar-refractivity contribution in [3.8, 4) is 0 Å². The number of hydrogen-bond acceptors (Lipinski definition) is 4. The van der Waals surface area contributed by atoms with E-state index in [0.717, 1.165) is 24.1 Å². The van der Waals surface area contributed by atoms with Gasteiger partial charge in [-0.2, -0.15) is 0 Å². The molecule has 0 bridgehead atoms. The van der Waals surface area contributed by atoms with Crippen molar-refractivity contribution in [3.05, 3.63) is 23.2 Å². The van der Waals surface area contributed by atoms with E-state index in [1.54, 1.807) is 13.0 Å². The minimum Gasteiger partial charge on any atom is -0.465 e. The molecule has 1 heterocycles. The minimum atomic E-state index is -0.333. The Morgan fingerprint density at radius 2 is 2.00 bits per heavy atom. The van der Waals surface area contributed by atoms with Gasteiger partial charge in [0, 0.05) is 0 Å². The highest BCUT2D eigenvalue weighted by molar-refractivity contribution is 5.90. The van der Waals surface area contributed by atoms with Gasteiger partial charge in [0.25, 0.3) is 0 Å². The predicted octanol–water partition coefficient (Wildman–Crippen LogP) is 3.68. The molecule has 1 aliphatic rings. The molecular formula is C17H27NO3. The van der Waals surface area contributed by atoms with Gasteiger partial charge in [-0.05, 0) is 44.2 Å². The third-order valence-electron chi connectivity index (χ3n) is 4.65. The highest BCUT2D eigenvalue weighted by atomic mass is 16.5. The van der Waals surface area contributed by atoms with Crippen LogP contribution in [-0.2, 0) is 11.3 Å². The molecular weight excluding hydrogens is 266 g/mol. The fourth-order valence-corrected chi connectivity index (χ4v) is 3.19. The average Bonchev–Trinajstić information content (AvgIpc) is 2.88. The molecule has 1 N–H and O–H groups in total. The van der Waals surface area contributed by atoms with E-state index in [0.29, 0.717) is 17.9 Å². The molecule has 1 aliphatic carbocycles. The van der Waals surface area contributed by atoms with Crippen LogP contribution in [-0.4, -0.2) is 19.6 Å². The number of nitrogens with one attached hydrogen (secondary N) is 1. The van der Waals surface area contributed by atoms with Crippen LogP contribution >= 0.6 is 0 Å². The maximum atomic E-state index is 11.5. The summed E-state index contributed by atoms with van der Waals surface area (Å²) in [6, 6.07) is 1.78. The molecule has 0 aromatic carbocycles. The van der Waals surface area contributed by atoms with Crippen LogP contribution in [0.3, 0.4) is 0 Å². The summed E-state index contributed by atoms with van der Waals surface area (Å²) in [6.45, 7) is 5.79. The smallest absolute Gasteiger partial charge is 0.341 e. The first-order valence-electron chi connectivity index (χ1n) is 8.02. The molecule has 2 rings (SSSR count). The lowest BCUT2D eigenvalue weighted by Gasteiger charge is -2.27. The topological polar surface area (TPSA) is 51.5 Å². The number of aryl methyl sites for hydroxylation is 1. The quantitative estimate of drug-likeness (QED) is 0.813. The second-order valence-electron chi connectivity index (χ2n) is 6.10. The number of hydrogen-bond donors (Lipinski definition) is 1. The van der Waals surface area contributed by atoms with Gasteiger partial charge in [0.05, 0.1) is 13.7 Å². The van der Waals surface area contributed by atoms with Crippen LogP contribution in [0.2, 0.25) is 0 Å². The fraction of sp³-hybridized carbons (Fsp3) is 0.706. The van der Waals surface area contributed by atoms with Gasteiger partial charge in [0.15, 0.2) is 0 Å². The zero-order valence-corrected chi connectivity index (χ0v) is 13.4. The van der Waals surface area contributed by atoms with Crippen LogP contribution < -0.4 is 5.32 Å². The van der Waals surface area contributed by atoms with Crippen LogP contribution in [0.4, 0.5) is 0 Å². The summed E-state index contributed by atoms with van der Waals surface area (Å²) in [6.07, 6.45) is 6.72. The van der Waals surface area contributed by atoms with Crippen molar-refractivity contribution in [1.29, 1.82) is 0 Å². The zero-order valence-electron chi connectivity index (χ0n) is 13.4. The van der Waals surface area contributed by atoms with Crippen LogP contribution in [0.1, 0.15) is 60.9 Å². The number of carbonyl (C=O) groups excluding carboxylic acids is 1. The Morgan fingerprint density at radius 3 is 2.62 bits per heavy atom. The van der Waals surface area contributed by atoms with Crippen LogP contribution in [0.15, 0.2) is 10.5 Å². The highest BCUT2D eigenvalue weighted by Crippen LogP contribution is 2.30. The first-order chi connectivity index (χ1) is 10.1. The van der Waals surface area contributed by atoms with Crippen molar-refractivity contribution < 1.29 is 13.9 Å². The Morgan fingerprint density at radius 1 is 1.33 bits per heavy atom. The summed E-state index contributed by atoms with van der Waals surface area (Å²) in [7, 11) is 1.39. The number of carbonyl (C=O) groups is 1. The van der Waals surface area contributed by atoms with Crippen LogP contribution in [0.5, 0.6) is 0 Å². The van der Waals surface area contributed by atoms with Crippen molar-refractivity contribution in [3.63, 3.8) is 0 Å². The molecule has 0 spiro atoms. The maximum Gasteiger partial charge on any atom is 0.341 e. The summed E-state index contributed by atoms with van der Waals surface area (Å²) in [5, 5.41) is 3.46. The second-order valence-corrected chi connectivity index (χ2v) is 6.10. The summed E-state index contributed by atoms with van der Waals surface area (Å²) in [4.78, 5) is 11.5. The van der Waals surface area contributed by atoms with E-state index >= 15 is 0 Å². The lowest BCUT2D eigenvalue weighted by atomic mass is 9.81. The Kier molecular flexibility index (Phi) is 5.85. The van der Waals surface area contributed by atoms with Crippen LogP contribution in [0, 0.1) is 18.8 Å². The molecule has 1 saturated carbocycles. The summed E-state index contributed by atoms with van der Waals surface area (Å²) >= 11 is 0. The van der Waals surface area contributed by atoms with Gasteiger partial charge >= 0.3 is 5.97 Å². The number of ether oxygens (including phenoxy) is 1. The van der Waals surface area contributed by atoms with Gasteiger partial charge in [0.2, 0.25) is 0 Å². The summed E-state index contributed by atoms with van der Waals surface area (Å²) in [5.41, 5.74) is 0.526. The molecule has 0 radical (unpaired) electrons. The van der Waals surface area contributed by atoms with Crippen molar-refractivity contribution in [2.75, 3.05) is 13.7 Å². The summed E-state index contributed by atoms with van der Waals surface area (Å²) < 4.78 is 10.3. The lowest BCUT2D eigenvalue weighted by Crippen LogP contribution is -2.26. The molecule has 0 saturated heterocycles. The standard InChI is InChI=1S/C17H27NO3/c1-4-13-5-7-14(8-6-13)10-18-11-15-9-16(12(2)21-15)17(19)20-3/h9,13-14,18H,4-8,10-11H2,1-3H3. The van der Waals surface area contributed by atoms with Gasteiger partial charge in [-0.15, -0.1) is 0 Å². The fourth-order valence-electron chi connectivity index (χ4n) is 3.19. The largest absolute Gasteiger partial charge is 0.465 e. The van der Waals surface area contributed by atoms with Crippen LogP contribution in [0.25, 0.3) is 0 Å². The normalized spacial score (nSPS) is 22.2. The highest BCUT2D eigenvalue weighted by Gasteiger charge is 2.20. The third kappa shape index (κ3) is 4.34. The van der Waals surface area contributed by atoms with E-state index in [2.05, 4.69) is 12.2 Å². The monoisotopic (exact) mass is 293 g/mol. The van der Waals surface area contributed by atoms with Crippen molar-refractivity contribution >= 4 is 5.97 Å². The van der Waals surface area contributed by atoms with Crippen molar-refractivity contribution in [2.45, 2.75) is 52.5 Å². The molecule has 0 aliphatic heterocycles. The molecule has 0 amide bonds. The van der Waals surface area contributed by atoms with E-state index in [-0.39, 0.29) is 5.97 Å². The van der Waals surface area contributed by atoms with Gasteiger partial charge in [0.1, 0.15) is 17.1 Å². The Hall–Kier alpha value is -1.29. The third-order valence-corrected chi connectivity index (χ3v) is 4.65. The number of methoxy groups -OCH3 is 1. The predicted molar refractivity (Wildman–Crippen MR) is 82.2 cm³/mol. The van der Waals surface area contributed by atoms with E-state index in [4.69, 9.17) is 9.15 Å². The molecule has 1 aromatic rings. The SMILES string of the molecule is CCC1CCC(CNCc2cc(C(=O)OC)c(C)o2)CC1. The zero-order chi connectivity index (χ0) is 15.2. The Labute approximate surface area is 127 Å². The van der Waals surface area contributed by atoms with E-state index < -0.39 is 0 Å². The number of esters is 1. The maximum absolute atomic E-state index is 11.5. The second kappa shape index (κ2) is 7.64. The molecule has 118 valence electrons. The van der Waals surface area contributed by atoms with Gasteiger partial charge in [-0.25, -0.2) is 4.79 Å². The van der Waals surface area contributed by atoms with E-state index in [1.807, 2.05) is 0 Å². The first-order valence-corrected chi connectivity index (χ1v) is 8.02. The van der Waals surface area contributed by atoms with E-state index in [9.17, 15) is 4.79 Å². The van der Waals surface area contributed by atoms with Crippen molar-refractivity contribution in [2.24, 2.45) is 11.8 Å². The van der Waals surface area contributed by atoms with Crippen molar-refractivity contribution in [1.82, 2.24) is 5.32 Å². The molecule has 0 unspecified atom stereocenters. The van der Waals surface area contributed by atoms with Gasteiger partial charge in [-0.1, -0.05) is 26.2 Å². The molecule has 1 fully saturated rings. The van der Waals surface area contributed by atoms with Gasteiger partial charge < -0.3 is 14.5 Å².